The molecule has 2 N–H and O–H groups in total. The van der Waals surface area contributed by atoms with Crippen molar-refractivity contribution in [2.45, 2.75) is 22.6 Å². The van der Waals surface area contributed by atoms with Crippen LogP contribution in [0.5, 0.6) is 0 Å². The van der Waals surface area contributed by atoms with E-state index >= 15 is 0 Å². The first-order valence-corrected chi connectivity index (χ1v) is 6.89. The summed E-state index contributed by atoms with van der Waals surface area (Å²) < 4.78 is 22.2. The highest BCUT2D eigenvalue weighted by Crippen LogP contribution is 2.31. The highest BCUT2D eigenvalue weighted by atomic mass is 32.2. The highest BCUT2D eigenvalue weighted by molar-refractivity contribution is 7.99. The Balaban J connectivity index is 2.49. The zero-order chi connectivity index (χ0) is 10.2. The fourth-order valence-electron chi connectivity index (χ4n) is 1.51. The number of hydrogen-bond donors (Lipinski definition) is 1. The van der Waals surface area contributed by atoms with Crippen molar-refractivity contribution in [2.24, 2.45) is 5.14 Å². The van der Waals surface area contributed by atoms with Crippen LogP contribution in [-0.2, 0) is 16.4 Å². The highest BCUT2D eigenvalue weighted by Gasteiger charge is 2.14. The molecule has 0 spiro atoms. The minimum Gasteiger partial charge on any atom is -0.225 e. The predicted octanol–water partition coefficient (Wildman–Crippen LogP) is 1.37. The molecule has 0 saturated carbocycles. The summed E-state index contributed by atoms with van der Waals surface area (Å²) in [5.41, 5.74) is 1.10. The summed E-state index contributed by atoms with van der Waals surface area (Å²) in [5.74, 6) is 1.11. The van der Waals surface area contributed by atoms with Crippen molar-refractivity contribution in [1.82, 2.24) is 0 Å². The van der Waals surface area contributed by atoms with Gasteiger partial charge in [-0.3, -0.25) is 0 Å². The van der Waals surface area contributed by atoms with Crippen LogP contribution < -0.4 is 5.14 Å². The zero-order valence-corrected chi connectivity index (χ0v) is 9.20. The van der Waals surface area contributed by atoms with E-state index in [1.165, 1.54) is 4.90 Å². The van der Waals surface area contributed by atoms with Crippen LogP contribution in [0, 0.1) is 0 Å². The molecular formula is C9H11NO2S2. The number of aryl methyl sites for hydroxylation is 1. The molecule has 0 amide bonds. The molecular weight excluding hydrogens is 218 g/mol. The Morgan fingerprint density at radius 3 is 2.86 bits per heavy atom. The monoisotopic (exact) mass is 229 g/mol. The second-order valence-corrected chi connectivity index (χ2v) is 5.96. The third-order valence-corrected chi connectivity index (χ3v) is 4.32. The van der Waals surface area contributed by atoms with E-state index in [1.807, 2.05) is 6.07 Å². The summed E-state index contributed by atoms with van der Waals surface area (Å²) in [4.78, 5) is 1.41. The lowest BCUT2D eigenvalue weighted by Crippen LogP contribution is -2.13. The molecule has 0 aromatic heterocycles. The third-order valence-electron chi connectivity index (χ3n) is 2.21. The summed E-state index contributed by atoms with van der Waals surface area (Å²) >= 11 is 1.77. The molecule has 14 heavy (non-hydrogen) atoms. The van der Waals surface area contributed by atoms with Gasteiger partial charge >= 0.3 is 0 Å². The number of thioether (sulfide) groups is 1. The second kappa shape index (κ2) is 3.56. The Hall–Kier alpha value is -0.520. The molecule has 1 aliphatic heterocycles. The summed E-state index contributed by atoms with van der Waals surface area (Å²) in [6.07, 6.45) is 2.05. The lowest BCUT2D eigenvalue weighted by Gasteiger charge is -2.15. The molecule has 0 aliphatic carbocycles. The van der Waals surface area contributed by atoms with Crippen LogP contribution in [0.4, 0.5) is 0 Å². The van der Waals surface area contributed by atoms with Gasteiger partial charge in [-0.2, -0.15) is 0 Å². The van der Waals surface area contributed by atoms with E-state index in [-0.39, 0.29) is 4.90 Å². The lowest BCUT2D eigenvalue weighted by molar-refractivity contribution is 0.597. The normalized spacial score (nSPS) is 16.4. The van der Waals surface area contributed by atoms with Gasteiger partial charge in [-0.15, -0.1) is 11.8 Å². The van der Waals surface area contributed by atoms with Gasteiger partial charge in [0, 0.05) is 4.90 Å². The van der Waals surface area contributed by atoms with Gasteiger partial charge in [-0.05, 0) is 42.4 Å². The van der Waals surface area contributed by atoms with Crippen LogP contribution in [0.1, 0.15) is 12.0 Å². The molecule has 1 aromatic carbocycles. The van der Waals surface area contributed by atoms with Crippen LogP contribution in [0.2, 0.25) is 0 Å². The Bertz CT molecular complexity index is 454. The van der Waals surface area contributed by atoms with E-state index in [4.69, 9.17) is 5.14 Å². The Labute approximate surface area is 87.7 Å². The molecule has 0 radical (unpaired) electrons. The molecule has 1 aliphatic rings. The van der Waals surface area contributed by atoms with E-state index in [9.17, 15) is 8.42 Å². The van der Waals surface area contributed by atoms with E-state index in [2.05, 4.69) is 0 Å². The summed E-state index contributed by atoms with van der Waals surface area (Å²) in [6, 6.07) is 5.11. The fraction of sp³-hybridized carbons (Fsp3) is 0.333. The summed E-state index contributed by atoms with van der Waals surface area (Å²) in [5, 5.41) is 5.06. The number of rotatable bonds is 1. The Morgan fingerprint density at radius 2 is 2.14 bits per heavy atom. The number of sulfonamides is 1. The first kappa shape index (κ1) is 10.0. The fourth-order valence-corrected chi connectivity index (χ4v) is 3.10. The first-order valence-electron chi connectivity index (χ1n) is 4.36. The largest absolute Gasteiger partial charge is 0.238 e. The minimum absolute atomic E-state index is 0.221. The molecule has 1 heterocycles. The van der Waals surface area contributed by atoms with Gasteiger partial charge in [-0.1, -0.05) is 0 Å². The van der Waals surface area contributed by atoms with E-state index < -0.39 is 10.0 Å². The molecule has 0 atom stereocenters. The maximum absolute atomic E-state index is 11.1. The Morgan fingerprint density at radius 1 is 1.36 bits per heavy atom. The smallest absolute Gasteiger partial charge is 0.225 e. The van der Waals surface area contributed by atoms with Crippen LogP contribution in [0.15, 0.2) is 28.0 Å². The van der Waals surface area contributed by atoms with E-state index in [1.54, 1.807) is 23.9 Å². The quantitative estimate of drug-likeness (QED) is 0.791. The van der Waals surface area contributed by atoms with Crippen molar-refractivity contribution in [1.29, 1.82) is 0 Å². The molecule has 3 nitrogen and oxygen atoms in total. The van der Waals surface area contributed by atoms with Gasteiger partial charge < -0.3 is 0 Å². The maximum Gasteiger partial charge on any atom is 0.238 e. The van der Waals surface area contributed by atoms with Crippen molar-refractivity contribution >= 4 is 21.8 Å². The summed E-state index contributed by atoms with van der Waals surface area (Å²) in [7, 11) is -3.55. The number of primary sulfonamides is 1. The van der Waals surface area contributed by atoms with Gasteiger partial charge in [-0.25, -0.2) is 13.6 Å². The predicted molar refractivity (Wildman–Crippen MR) is 56.9 cm³/mol. The van der Waals surface area contributed by atoms with Crippen molar-refractivity contribution < 1.29 is 8.42 Å². The topological polar surface area (TPSA) is 60.2 Å². The maximum atomic E-state index is 11.1. The number of hydrogen-bond acceptors (Lipinski definition) is 3. The number of fused-ring (bicyclic) bond motifs is 1. The van der Waals surface area contributed by atoms with E-state index in [0.29, 0.717) is 0 Å². The molecule has 0 fully saturated rings. The van der Waals surface area contributed by atoms with Crippen LogP contribution in [-0.4, -0.2) is 14.2 Å². The van der Waals surface area contributed by atoms with Crippen molar-refractivity contribution in [3.05, 3.63) is 23.8 Å². The van der Waals surface area contributed by atoms with Gasteiger partial charge in [0.25, 0.3) is 0 Å². The molecule has 2 rings (SSSR count). The van der Waals surface area contributed by atoms with Crippen LogP contribution in [0.25, 0.3) is 0 Å². The summed E-state index contributed by atoms with van der Waals surface area (Å²) in [6.45, 7) is 0. The second-order valence-electron chi connectivity index (χ2n) is 3.27. The van der Waals surface area contributed by atoms with Crippen LogP contribution >= 0.6 is 11.8 Å². The molecule has 0 unspecified atom stereocenters. The van der Waals surface area contributed by atoms with Crippen molar-refractivity contribution in [3.63, 3.8) is 0 Å². The van der Waals surface area contributed by atoms with Gasteiger partial charge in [0.15, 0.2) is 0 Å². The lowest BCUT2D eigenvalue weighted by atomic mass is 10.1. The van der Waals surface area contributed by atoms with Crippen LogP contribution in [0.3, 0.4) is 0 Å². The van der Waals surface area contributed by atoms with Gasteiger partial charge in [0.1, 0.15) is 0 Å². The molecule has 0 bridgehead atoms. The number of benzene rings is 1. The number of nitrogens with two attached hydrogens (primary N) is 1. The molecule has 5 heteroatoms. The molecule has 76 valence electrons. The van der Waals surface area contributed by atoms with Gasteiger partial charge in [0.05, 0.1) is 4.90 Å². The van der Waals surface area contributed by atoms with E-state index in [0.717, 1.165) is 24.2 Å². The zero-order valence-electron chi connectivity index (χ0n) is 7.56. The third kappa shape index (κ3) is 1.94. The minimum atomic E-state index is -3.55. The average molecular weight is 229 g/mol. The standard InChI is InChI=1S/C9H11NO2S2/c10-14(11,12)8-3-4-9-7(6-8)2-1-5-13-9/h3-4,6H,1-2,5H2,(H2,10,11,12). The van der Waals surface area contributed by atoms with Crippen molar-refractivity contribution in [3.8, 4) is 0 Å². The Kier molecular flexibility index (Phi) is 2.55. The molecule has 0 saturated heterocycles. The SMILES string of the molecule is NS(=O)(=O)c1ccc2c(c1)CCCS2. The average Bonchev–Trinajstić information content (AvgIpc) is 2.16. The molecule has 1 aromatic rings. The van der Waals surface area contributed by atoms with Crippen molar-refractivity contribution in [2.75, 3.05) is 5.75 Å². The van der Waals surface area contributed by atoms with Gasteiger partial charge in [0.2, 0.25) is 10.0 Å². The first-order chi connectivity index (χ1) is 6.57.